The van der Waals surface area contributed by atoms with E-state index < -0.39 is 0 Å². The number of rotatable bonds is 5. The summed E-state index contributed by atoms with van der Waals surface area (Å²) in [7, 11) is 0. The first-order valence-electron chi connectivity index (χ1n) is 8.92. The Kier molecular flexibility index (Phi) is 4.78. The van der Waals surface area contributed by atoms with E-state index >= 15 is 0 Å². The van der Waals surface area contributed by atoms with Gasteiger partial charge in [0.15, 0.2) is 11.5 Å². The van der Waals surface area contributed by atoms with Crippen LogP contribution in [0.4, 0.5) is 5.69 Å². The molecule has 4 heterocycles. The van der Waals surface area contributed by atoms with Crippen LogP contribution in [0.25, 0.3) is 0 Å². The van der Waals surface area contributed by atoms with Gasteiger partial charge < -0.3 is 19.1 Å². The number of hydrogen-bond donors (Lipinski definition) is 1. The van der Waals surface area contributed by atoms with Gasteiger partial charge in [0.05, 0.1) is 37.0 Å². The first kappa shape index (κ1) is 17.1. The Morgan fingerprint density at radius 1 is 1.15 bits per heavy atom. The van der Waals surface area contributed by atoms with E-state index in [1.54, 1.807) is 41.3 Å². The summed E-state index contributed by atoms with van der Waals surface area (Å²) in [5.41, 5.74) is 0.580. The van der Waals surface area contributed by atoms with Crippen LogP contribution in [0.15, 0.2) is 58.0 Å². The highest BCUT2D eigenvalue weighted by atomic mass is 16.3. The van der Waals surface area contributed by atoms with E-state index in [0.29, 0.717) is 24.5 Å². The molecule has 0 unspecified atom stereocenters. The topological polar surface area (TPSA) is 93.5 Å². The van der Waals surface area contributed by atoms with Crippen molar-refractivity contribution < 1.29 is 18.4 Å². The number of likely N-dealkylation sites (tertiary alicyclic amines) is 1. The van der Waals surface area contributed by atoms with Gasteiger partial charge in [0.25, 0.3) is 11.8 Å². The van der Waals surface area contributed by atoms with E-state index in [-0.39, 0.29) is 23.6 Å². The fourth-order valence-corrected chi connectivity index (χ4v) is 3.34. The van der Waals surface area contributed by atoms with Crippen LogP contribution in [0.5, 0.6) is 0 Å². The molecule has 140 valence electrons. The summed E-state index contributed by atoms with van der Waals surface area (Å²) in [5.74, 6) is 0.175. The molecule has 2 amide bonds. The second kappa shape index (κ2) is 7.53. The van der Waals surface area contributed by atoms with Crippen LogP contribution in [0, 0.1) is 0 Å². The van der Waals surface area contributed by atoms with Crippen molar-refractivity contribution in [2.24, 2.45) is 0 Å². The number of nitrogens with one attached hydrogen (secondary N) is 1. The number of carbonyl (C=O) groups is 2. The van der Waals surface area contributed by atoms with Gasteiger partial charge in [0, 0.05) is 12.7 Å². The first-order valence-corrected chi connectivity index (χ1v) is 8.92. The highest BCUT2D eigenvalue weighted by molar-refractivity contribution is 6.02. The monoisotopic (exact) mass is 368 g/mol. The Hall–Kier alpha value is -3.29. The molecule has 0 radical (unpaired) electrons. The molecule has 0 aromatic carbocycles. The van der Waals surface area contributed by atoms with Gasteiger partial charge in [0.1, 0.15) is 0 Å². The van der Waals surface area contributed by atoms with E-state index in [0.717, 1.165) is 19.3 Å². The minimum atomic E-state index is -0.327. The zero-order valence-electron chi connectivity index (χ0n) is 14.7. The van der Waals surface area contributed by atoms with Gasteiger partial charge in [-0.05, 0) is 43.5 Å². The number of carbonyl (C=O) groups excluding carboxylic acids is 2. The molecule has 1 atom stereocenters. The standard InChI is InChI=1S/C19H20N4O4/c24-18(16-6-3-9-26-16)21-14-11-20-22(12-14)13-15-5-1-2-8-23(15)19(25)17-7-4-10-27-17/h3-4,6-7,9-12,15H,1-2,5,8,13H2,(H,21,24)/t15-/m1/s1. The van der Waals surface area contributed by atoms with Crippen LogP contribution < -0.4 is 5.32 Å². The van der Waals surface area contributed by atoms with Crippen LogP contribution in [-0.2, 0) is 6.54 Å². The van der Waals surface area contributed by atoms with Gasteiger partial charge in [-0.25, -0.2) is 0 Å². The number of furan rings is 2. The zero-order chi connectivity index (χ0) is 18.6. The number of piperidine rings is 1. The largest absolute Gasteiger partial charge is 0.459 e. The molecular weight excluding hydrogens is 348 g/mol. The SMILES string of the molecule is O=C(Nc1cnn(C[C@H]2CCCCN2C(=O)c2ccco2)c1)c1ccco1. The van der Waals surface area contributed by atoms with Gasteiger partial charge >= 0.3 is 0 Å². The van der Waals surface area contributed by atoms with Crippen LogP contribution >= 0.6 is 0 Å². The molecule has 3 aromatic heterocycles. The third-order valence-corrected chi connectivity index (χ3v) is 4.65. The highest BCUT2D eigenvalue weighted by Crippen LogP contribution is 2.22. The maximum atomic E-state index is 12.7. The van der Waals surface area contributed by atoms with Crippen LogP contribution in [0.1, 0.15) is 40.4 Å². The van der Waals surface area contributed by atoms with Crippen LogP contribution in [0.3, 0.4) is 0 Å². The molecule has 8 nitrogen and oxygen atoms in total. The van der Waals surface area contributed by atoms with Crippen molar-refractivity contribution in [3.05, 3.63) is 60.7 Å². The number of amides is 2. The van der Waals surface area contributed by atoms with Crippen molar-refractivity contribution >= 4 is 17.5 Å². The number of aromatic nitrogens is 2. The first-order chi connectivity index (χ1) is 13.2. The molecule has 4 rings (SSSR count). The Balaban J connectivity index is 1.42. The zero-order valence-corrected chi connectivity index (χ0v) is 14.7. The molecule has 0 bridgehead atoms. The van der Waals surface area contributed by atoms with Crippen molar-refractivity contribution in [2.45, 2.75) is 31.8 Å². The Morgan fingerprint density at radius 3 is 2.67 bits per heavy atom. The predicted molar refractivity (Wildman–Crippen MR) is 96.3 cm³/mol. The molecule has 0 saturated carbocycles. The van der Waals surface area contributed by atoms with Crippen molar-refractivity contribution in [1.29, 1.82) is 0 Å². The molecule has 3 aromatic rings. The summed E-state index contributed by atoms with van der Waals surface area (Å²) in [6, 6.07) is 6.69. The van der Waals surface area contributed by atoms with Gasteiger partial charge in [-0.3, -0.25) is 14.3 Å². The summed E-state index contributed by atoms with van der Waals surface area (Å²) in [4.78, 5) is 26.6. The Labute approximate surface area is 155 Å². The predicted octanol–water partition coefficient (Wildman–Crippen LogP) is 3.02. The number of nitrogens with zero attached hydrogens (tertiary/aromatic N) is 3. The molecule has 1 aliphatic rings. The third kappa shape index (κ3) is 3.79. The van der Waals surface area contributed by atoms with Gasteiger partial charge in [-0.1, -0.05) is 0 Å². The van der Waals surface area contributed by atoms with Crippen LogP contribution in [0.2, 0.25) is 0 Å². The summed E-state index contributed by atoms with van der Waals surface area (Å²) < 4.78 is 12.1. The minimum Gasteiger partial charge on any atom is -0.459 e. The molecule has 0 spiro atoms. The Morgan fingerprint density at radius 2 is 1.93 bits per heavy atom. The van der Waals surface area contributed by atoms with E-state index in [2.05, 4.69) is 10.4 Å². The second-order valence-corrected chi connectivity index (χ2v) is 6.51. The lowest BCUT2D eigenvalue weighted by Gasteiger charge is -2.35. The lowest BCUT2D eigenvalue weighted by molar-refractivity contribution is 0.0551. The summed E-state index contributed by atoms with van der Waals surface area (Å²) in [6.07, 6.45) is 9.25. The lowest BCUT2D eigenvalue weighted by atomic mass is 10.0. The normalized spacial score (nSPS) is 17.0. The Bertz CT molecular complexity index is 898. The lowest BCUT2D eigenvalue weighted by Crippen LogP contribution is -2.45. The van der Waals surface area contributed by atoms with E-state index in [1.165, 1.54) is 12.5 Å². The van der Waals surface area contributed by atoms with Gasteiger partial charge in [-0.15, -0.1) is 0 Å². The van der Waals surface area contributed by atoms with Crippen molar-refractivity contribution in [3.63, 3.8) is 0 Å². The quantitative estimate of drug-likeness (QED) is 0.747. The molecule has 1 fully saturated rings. The molecule has 8 heteroatoms. The fourth-order valence-electron chi connectivity index (χ4n) is 3.34. The molecule has 0 aliphatic carbocycles. The smallest absolute Gasteiger partial charge is 0.291 e. The summed E-state index contributed by atoms with van der Waals surface area (Å²) >= 11 is 0. The van der Waals surface area contributed by atoms with E-state index in [9.17, 15) is 9.59 Å². The van der Waals surface area contributed by atoms with E-state index in [1.807, 2.05) is 4.90 Å². The average molecular weight is 368 g/mol. The summed E-state index contributed by atoms with van der Waals surface area (Å²) in [6.45, 7) is 1.26. The molecule has 1 saturated heterocycles. The van der Waals surface area contributed by atoms with Gasteiger partial charge in [0.2, 0.25) is 0 Å². The van der Waals surface area contributed by atoms with Crippen molar-refractivity contribution in [1.82, 2.24) is 14.7 Å². The molecule has 1 N–H and O–H groups in total. The number of anilines is 1. The van der Waals surface area contributed by atoms with Gasteiger partial charge in [-0.2, -0.15) is 5.10 Å². The number of hydrogen-bond acceptors (Lipinski definition) is 5. The molecule has 1 aliphatic heterocycles. The highest BCUT2D eigenvalue weighted by Gasteiger charge is 2.29. The maximum absolute atomic E-state index is 12.7. The van der Waals surface area contributed by atoms with E-state index in [4.69, 9.17) is 8.83 Å². The summed E-state index contributed by atoms with van der Waals surface area (Å²) in [5, 5.41) is 7.06. The third-order valence-electron chi connectivity index (χ3n) is 4.65. The van der Waals surface area contributed by atoms with Crippen LogP contribution in [-0.4, -0.2) is 39.1 Å². The van der Waals surface area contributed by atoms with Crippen molar-refractivity contribution in [3.8, 4) is 0 Å². The van der Waals surface area contributed by atoms with Crippen molar-refractivity contribution in [2.75, 3.05) is 11.9 Å². The minimum absolute atomic E-state index is 0.0323. The molecule has 27 heavy (non-hydrogen) atoms. The second-order valence-electron chi connectivity index (χ2n) is 6.51. The molecular formula is C19H20N4O4. The average Bonchev–Trinajstić information content (AvgIpc) is 3.44. The fraction of sp³-hybridized carbons (Fsp3) is 0.316. The maximum Gasteiger partial charge on any atom is 0.291 e.